The number of nitro benzene ring substituents is 1. The normalized spacial score (nSPS) is 10.4. The molecule has 2 aromatic carbocycles. The third-order valence-corrected chi connectivity index (χ3v) is 4.26. The monoisotopic (exact) mass is 303 g/mol. The Bertz CT molecular complexity index is 647. The number of rotatable bonds is 6. The topological polar surface area (TPSA) is 81.2 Å². The van der Waals surface area contributed by atoms with Crippen LogP contribution in [0, 0.1) is 17.0 Å². The van der Waals surface area contributed by atoms with Crippen LogP contribution in [-0.4, -0.2) is 4.92 Å². The maximum absolute atomic E-state index is 10.8. The van der Waals surface area contributed by atoms with Gasteiger partial charge in [0.25, 0.3) is 5.69 Å². The van der Waals surface area contributed by atoms with E-state index in [1.54, 1.807) is 23.9 Å². The first-order valence-electron chi connectivity index (χ1n) is 6.48. The van der Waals surface area contributed by atoms with E-state index in [4.69, 9.17) is 5.84 Å². The van der Waals surface area contributed by atoms with Crippen LogP contribution in [-0.2, 0) is 11.5 Å². The highest BCUT2D eigenvalue weighted by Crippen LogP contribution is 2.27. The Labute approximate surface area is 127 Å². The molecule has 0 saturated heterocycles. The van der Waals surface area contributed by atoms with Gasteiger partial charge in [0.1, 0.15) is 0 Å². The number of non-ortho nitro benzene ring substituents is 1. The third kappa shape index (κ3) is 3.96. The highest BCUT2D eigenvalue weighted by Gasteiger charge is 2.10. The van der Waals surface area contributed by atoms with Crippen LogP contribution in [0.15, 0.2) is 42.5 Å². The summed E-state index contributed by atoms with van der Waals surface area (Å²) in [6, 6.07) is 12.9. The van der Waals surface area contributed by atoms with Crippen molar-refractivity contribution in [1.82, 2.24) is 0 Å². The maximum Gasteiger partial charge on any atom is 0.269 e. The second-order valence-corrected chi connectivity index (χ2v) is 5.65. The van der Waals surface area contributed by atoms with Gasteiger partial charge in [0.2, 0.25) is 0 Å². The van der Waals surface area contributed by atoms with Crippen molar-refractivity contribution in [3.63, 3.8) is 0 Å². The summed E-state index contributed by atoms with van der Waals surface area (Å²) in [4.78, 5) is 10.4. The Morgan fingerprint density at radius 3 is 2.57 bits per heavy atom. The maximum atomic E-state index is 10.8. The minimum atomic E-state index is -0.393. The molecule has 6 heteroatoms. The van der Waals surface area contributed by atoms with E-state index in [0.717, 1.165) is 17.0 Å². The number of hydrogen-bond acceptors (Lipinski definition) is 5. The van der Waals surface area contributed by atoms with E-state index in [1.807, 2.05) is 12.1 Å². The summed E-state index contributed by atoms with van der Waals surface area (Å²) in [5.41, 5.74) is 6.75. The van der Waals surface area contributed by atoms with Crippen LogP contribution in [0.5, 0.6) is 0 Å². The molecule has 0 aliphatic carbocycles. The molecule has 0 aliphatic heterocycles. The van der Waals surface area contributed by atoms with Gasteiger partial charge in [-0.2, -0.15) is 11.8 Å². The fraction of sp³-hybridized carbons (Fsp3) is 0.200. The van der Waals surface area contributed by atoms with Crippen molar-refractivity contribution < 1.29 is 4.92 Å². The molecule has 21 heavy (non-hydrogen) atoms. The van der Waals surface area contributed by atoms with Gasteiger partial charge in [-0.25, -0.2) is 0 Å². The second kappa shape index (κ2) is 7.10. The first-order valence-corrected chi connectivity index (χ1v) is 7.63. The van der Waals surface area contributed by atoms with E-state index in [0.29, 0.717) is 5.75 Å². The number of nitrogens with one attached hydrogen (secondary N) is 1. The molecular weight excluding hydrogens is 286 g/mol. The minimum absolute atomic E-state index is 0.0838. The van der Waals surface area contributed by atoms with E-state index >= 15 is 0 Å². The Morgan fingerprint density at radius 2 is 1.90 bits per heavy atom. The quantitative estimate of drug-likeness (QED) is 0.484. The molecule has 110 valence electrons. The van der Waals surface area contributed by atoms with Crippen molar-refractivity contribution in [2.45, 2.75) is 18.4 Å². The Balaban J connectivity index is 2.07. The molecule has 2 aromatic rings. The Hall–Kier alpha value is -2.05. The van der Waals surface area contributed by atoms with Crippen LogP contribution in [0.1, 0.15) is 16.7 Å². The predicted octanol–water partition coefficient (Wildman–Crippen LogP) is 3.62. The Morgan fingerprint density at radius 1 is 1.19 bits per heavy atom. The van der Waals surface area contributed by atoms with Gasteiger partial charge in [-0.3, -0.25) is 16.0 Å². The summed E-state index contributed by atoms with van der Waals surface area (Å²) in [6.45, 7) is 2.08. The van der Waals surface area contributed by atoms with E-state index < -0.39 is 4.92 Å². The van der Waals surface area contributed by atoms with Crippen LogP contribution in [0.4, 0.5) is 11.4 Å². The predicted molar refractivity (Wildman–Crippen MR) is 87.1 cm³/mol. The summed E-state index contributed by atoms with van der Waals surface area (Å²) in [5, 5.41) is 10.8. The van der Waals surface area contributed by atoms with Gasteiger partial charge in [0.15, 0.2) is 0 Å². The number of hydrogen-bond donors (Lipinski definition) is 2. The van der Waals surface area contributed by atoms with Gasteiger partial charge in [-0.05, 0) is 29.7 Å². The molecule has 3 N–H and O–H groups in total. The lowest BCUT2D eigenvalue weighted by atomic mass is 10.1. The molecule has 0 unspecified atom stereocenters. The third-order valence-electron chi connectivity index (χ3n) is 3.23. The molecule has 0 heterocycles. The van der Waals surface area contributed by atoms with Crippen molar-refractivity contribution in [2.75, 3.05) is 5.43 Å². The molecule has 0 atom stereocenters. The minimum Gasteiger partial charge on any atom is -0.324 e. The van der Waals surface area contributed by atoms with Crippen LogP contribution >= 0.6 is 11.8 Å². The zero-order valence-electron chi connectivity index (χ0n) is 11.7. The number of hydrazine groups is 1. The molecule has 0 spiro atoms. The first kappa shape index (κ1) is 15.3. The lowest BCUT2D eigenvalue weighted by Gasteiger charge is -2.09. The van der Waals surface area contributed by atoms with Crippen LogP contribution in [0.25, 0.3) is 0 Å². The highest BCUT2D eigenvalue weighted by atomic mass is 32.2. The number of anilines is 1. The molecule has 0 fully saturated rings. The van der Waals surface area contributed by atoms with Gasteiger partial charge >= 0.3 is 0 Å². The largest absolute Gasteiger partial charge is 0.324 e. The first-order chi connectivity index (χ1) is 10.1. The molecule has 0 aromatic heterocycles. The standard InChI is InChI=1S/C15H17N3O2S/c1-11-4-2-3-5-12(11)9-21-10-13-8-14(18(19)20)6-7-15(13)17-16/h2-8,17H,9-10,16H2,1H3. The summed E-state index contributed by atoms with van der Waals surface area (Å²) in [7, 11) is 0. The summed E-state index contributed by atoms with van der Waals surface area (Å²) in [6.07, 6.45) is 0. The lowest BCUT2D eigenvalue weighted by Crippen LogP contribution is -2.09. The van der Waals surface area contributed by atoms with Crippen molar-refractivity contribution in [1.29, 1.82) is 0 Å². The van der Waals surface area contributed by atoms with E-state index in [2.05, 4.69) is 24.5 Å². The number of nitro groups is 1. The molecule has 0 saturated carbocycles. The van der Waals surface area contributed by atoms with Gasteiger partial charge < -0.3 is 5.43 Å². The smallest absolute Gasteiger partial charge is 0.269 e. The Kier molecular flexibility index (Phi) is 5.19. The van der Waals surface area contributed by atoms with E-state index in [1.165, 1.54) is 17.2 Å². The molecule has 2 rings (SSSR count). The second-order valence-electron chi connectivity index (χ2n) is 4.66. The fourth-order valence-corrected chi connectivity index (χ4v) is 3.10. The number of thioether (sulfide) groups is 1. The van der Waals surface area contributed by atoms with Gasteiger partial charge in [0, 0.05) is 23.6 Å². The van der Waals surface area contributed by atoms with Crippen LogP contribution in [0.2, 0.25) is 0 Å². The average molecular weight is 303 g/mol. The summed E-state index contributed by atoms with van der Waals surface area (Å²) < 4.78 is 0. The number of aryl methyl sites for hydroxylation is 1. The average Bonchev–Trinajstić information content (AvgIpc) is 2.49. The number of nitrogens with two attached hydrogens (primary N) is 1. The van der Waals surface area contributed by atoms with E-state index in [9.17, 15) is 10.1 Å². The zero-order chi connectivity index (χ0) is 15.2. The van der Waals surface area contributed by atoms with Gasteiger partial charge in [-0.1, -0.05) is 24.3 Å². The SMILES string of the molecule is Cc1ccccc1CSCc1cc([N+](=O)[O-])ccc1NN. The highest BCUT2D eigenvalue weighted by molar-refractivity contribution is 7.97. The zero-order valence-corrected chi connectivity index (χ0v) is 12.5. The van der Waals surface area contributed by atoms with Crippen molar-refractivity contribution in [2.24, 2.45) is 5.84 Å². The number of benzene rings is 2. The van der Waals surface area contributed by atoms with Crippen molar-refractivity contribution >= 4 is 23.1 Å². The van der Waals surface area contributed by atoms with Crippen molar-refractivity contribution in [3.8, 4) is 0 Å². The molecular formula is C15H17N3O2S. The molecule has 0 bridgehead atoms. The molecule has 0 radical (unpaired) electrons. The summed E-state index contributed by atoms with van der Waals surface area (Å²) in [5.74, 6) is 6.98. The molecule has 5 nitrogen and oxygen atoms in total. The van der Waals surface area contributed by atoms with Crippen molar-refractivity contribution in [3.05, 3.63) is 69.3 Å². The lowest BCUT2D eigenvalue weighted by molar-refractivity contribution is -0.384. The van der Waals surface area contributed by atoms with Gasteiger partial charge in [0.05, 0.1) is 10.6 Å². The summed E-state index contributed by atoms with van der Waals surface area (Å²) >= 11 is 1.71. The fourth-order valence-electron chi connectivity index (χ4n) is 2.00. The molecule has 0 aliphatic rings. The number of nitrogens with zero attached hydrogens (tertiary/aromatic N) is 1. The number of nitrogen functional groups attached to an aromatic ring is 1. The van der Waals surface area contributed by atoms with E-state index in [-0.39, 0.29) is 5.69 Å². The van der Waals surface area contributed by atoms with Crippen LogP contribution in [0.3, 0.4) is 0 Å². The van der Waals surface area contributed by atoms with Crippen LogP contribution < -0.4 is 11.3 Å². The molecule has 0 amide bonds. The van der Waals surface area contributed by atoms with Gasteiger partial charge in [-0.15, -0.1) is 0 Å².